The summed E-state index contributed by atoms with van der Waals surface area (Å²) in [4.78, 5) is 0. The summed E-state index contributed by atoms with van der Waals surface area (Å²) in [5.74, 6) is 0.216. The smallest absolute Gasteiger partial charge is 0.128 e. The monoisotopic (exact) mass is 323 g/mol. The van der Waals surface area contributed by atoms with E-state index in [1.54, 1.807) is 6.07 Å². The molecule has 0 aliphatic rings. The van der Waals surface area contributed by atoms with E-state index < -0.39 is 0 Å². The highest BCUT2D eigenvalue weighted by molar-refractivity contribution is 9.10. The number of rotatable bonds is 5. The lowest BCUT2D eigenvalue weighted by atomic mass is 10.2. The fourth-order valence-corrected chi connectivity index (χ4v) is 2.09. The molecule has 19 heavy (non-hydrogen) atoms. The van der Waals surface area contributed by atoms with Gasteiger partial charge in [0.2, 0.25) is 0 Å². The van der Waals surface area contributed by atoms with Crippen molar-refractivity contribution in [2.24, 2.45) is 0 Å². The van der Waals surface area contributed by atoms with E-state index in [9.17, 15) is 4.39 Å². The molecule has 2 aromatic rings. The van der Waals surface area contributed by atoms with Crippen LogP contribution in [0, 0.1) is 12.7 Å². The van der Waals surface area contributed by atoms with Gasteiger partial charge in [-0.05, 0) is 31.2 Å². The summed E-state index contributed by atoms with van der Waals surface area (Å²) in [5, 5.41) is 3.24. The van der Waals surface area contributed by atoms with E-state index >= 15 is 0 Å². The Labute approximate surface area is 120 Å². The molecule has 0 unspecified atom stereocenters. The number of halogens is 2. The first-order valence-electron chi connectivity index (χ1n) is 6.03. The van der Waals surface area contributed by atoms with Crippen LogP contribution in [0.15, 0.2) is 46.9 Å². The topological polar surface area (TPSA) is 21.3 Å². The zero-order valence-corrected chi connectivity index (χ0v) is 12.2. The van der Waals surface area contributed by atoms with Gasteiger partial charge >= 0.3 is 0 Å². The van der Waals surface area contributed by atoms with Crippen LogP contribution in [-0.2, 0) is 0 Å². The Morgan fingerprint density at radius 1 is 1.16 bits per heavy atom. The number of nitrogens with one attached hydrogen (secondary N) is 1. The van der Waals surface area contributed by atoms with E-state index in [0.717, 1.165) is 5.69 Å². The lowest BCUT2D eigenvalue weighted by Crippen LogP contribution is -2.11. The van der Waals surface area contributed by atoms with Crippen LogP contribution in [-0.4, -0.2) is 13.2 Å². The number of anilines is 1. The zero-order chi connectivity index (χ0) is 13.7. The molecule has 0 saturated carbocycles. The molecular formula is C15H15BrFNO. The lowest BCUT2D eigenvalue weighted by Gasteiger charge is -2.09. The van der Waals surface area contributed by atoms with Crippen LogP contribution < -0.4 is 10.1 Å². The average Bonchev–Trinajstić information content (AvgIpc) is 2.36. The normalized spacial score (nSPS) is 10.3. The molecule has 1 N–H and O–H groups in total. The van der Waals surface area contributed by atoms with Gasteiger partial charge in [-0.1, -0.05) is 33.6 Å². The molecule has 0 radical (unpaired) electrons. The molecule has 0 heterocycles. The zero-order valence-electron chi connectivity index (χ0n) is 10.6. The fraction of sp³-hybridized carbons (Fsp3) is 0.200. The Morgan fingerprint density at radius 3 is 2.58 bits per heavy atom. The Balaban J connectivity index is 1.79. The van der Waals surface area contributed by atoms with Crippen molar-refractivity contribution in [2.75, 3.05) is 18.5 Å². The molecular weight excluding hydrogens is 309 g/mol. The van der Waals surface area contributed by atoms with Crippen molar-refractivity contribution in [2.45, 2.75) is 6.92 Å². The van der Waals surface area contributed by atoms with E-state index in [0.29, 0.717) is 23.4 Å². The van der Waals surface area contributed by atoms with Crippen molar-refractivity contribution in [3.05, 3.63) is 58.3 Å². The van der Waals surface area contributed by atoms with Gasteiger partial charge in [-0.2, -0.15) is 0 Å². The first kappa shape index (κ1) is 13.9. The highest BCUT2D eigenvalue weighted by atomic mass is 79.9. The van der Waals surface area contributed by atoms with Crippen molar-refractivity contribution in [3.63, 3.8) is 0 Å². The van der Waals surface area contributed by atoms with E-state index in [4.69, 9.17) is 4.74 Å². The fourth-order valence-electron chi connectivity index (χ4n) is 1.65. The van der Waals surface area contributed by atoms with Gasteiger partial charge in [0.1, 0.15) is 18.2 Å². The van der Waals surface area contributed by atoms with Crippen molar-refractivity contribution in [3.8, 4) is 5.75 Å². The van der Waals surface area contributed by atoms with Crippen LogP contribution in [0.3, 0.4) is 0 Å². The highest BCUT2D eigenvalue weighted by Gasteiger charge is 1.99. The maximum Gasteiger partial charge on any atom is 0.128 e. The second-order valence-corrected chi connectivity index (χ2v) is 5.16. The van der Waals surface area contributed by atoms with Crippen LogP contribution in [0.1, 0.15) is 5.56 Å². The molecule has 100 valence electrons. The molecule has 0 fully saturated rings. The third-order valence-corrected chi connectivity index (χ3v) is 3.05. The molecule has 0 saturated heterocycles. The van der Waals surface area contributed by atoms with E-state index in [1.807, 2.05) is 24.3 Å². The van der Waals surface area contributed by atoms with Crippen LogP contribution in [0.25, 0.3) is 0 Å². The van der Waals surface area contributed by atoms with Crippen molar-refractivity contribution >= 4 is 21.6 Å². The molecule has 0 spiro atoms. The largest absolute Gasteiger partial charge is 0.492 e. The molecule has 0 aliphatic heterocycles. The molecule has 0 aliphatic carbocycles. The molecule has 4 heteroatoms. The number of hydrogen-bond acceptors (Lipinski definition) is 2. The minimum atomic E-state index is -0.309. The van der Waals surface area contributed by atoms with Crippen LogP contribution in [0.4, 0.5) is 10.1 Å². The molecule has 2 nitrogen and oxygen atoms in total. The Morgan fingerprint density at radius 2 is 1.89 bits per heavy atom. The molecule has 2 aromatic carbocycles. The summed E-state index contributed by atoms with van der Waals surface area (Å²) in [5.41, 5.74) is 2.28. The van der Waals surface area contributed by atoms with Gasteiger partial charge in [0.15, 0.2) is 0 Å². The average molecular weight is 324 g/mol. The SMILES string of the molecule is Cc1ccc(NCCOc2cc(F)cc(Br)c2)cc1. The van der Waals surface area contributed by atoms with Crippen molar-refractivity contribution < 1.29 is 9.13 Å². The summed E-state index contributed by atoms with van der Waals surface area (Å²) in [7, 11) is 0. The number of aryl methyl sites for hydroxylation is 1. The van der Waals surface area contributed by atoms with Gasteiger partial charge in [-0.15, -0.1) is 0 Å². The van der Waals surface area contributed by atoms with Crippen LogP contribution in [0.5, 0.6) is 5.75 Å². The van der Waals surface area contributed by atoms with Gasteiger partial charge in [0.05, 0.1) is 0 Å². The predicted octanol–water partition coefficient (Wildman–Crippen LogP) is 4.39. The maximum atomic E-state index is 13.1. The standard InChI is InChI=1S/C15H15BrFNO/c1-11-2-4-14(5-3-11)18-6-7-19-15-9-12(16)8-13(17)10-15/h2-5,8-10,18H,6-7H2,1H3. The minimum absolute atomic E-state index is 0.309. The predicted molar refractivity (Wildman–Crippen MR) is 79.3 cm³/mol. The van der Waals surface area contributed by atoms with E-state index in [-0.39, 0.29) is 5.82 Å². The van der Waals surface area contributed by atoms with Gasteiger partial charge in [-0.3, -0.25) is 0 Å². The van der Waals surface area contributed by atoms with Crippen molar-refractivity contribution in [1.29, 1.82) is 0 Å². The summed E-state index contributed by atoms with van der Waals surface area (Å²) in [6.45, 7) is 3.19. The molecule has 0 amide bonds. The Hall–Kier alpha value is -1.55. The molecule has 0 aromatic heterocycles. The van der Waals surface area contributed by atoms with Gasteiger partial charge < -0.3 is 10.1 Å². The van der Waals surface area contributed by atoms with Gasteiger partial charge in [0.25, 0.3) is 0 Å². The number of ether oxygens (including phenoxy) is 1. The summed E-state index contributed by atoms with van der Waals surface area (Å²) in [6.07, 6.45) is 0. The van der Waals surface area contributed by atoms with E-state index in [2.05, 4.69) is 28.2 Å². The summed E-state index contributed by atoms with van der Waals surface area (Å²) < 4.78 is 19.3. The second kappa shape index (κ2) is 6.57. The second-order valence-electron chi connectivity index (χ2n) is 4.25. The number of benzene rings is 2. The van der Waals surface area contributed by atoms with Gasteiger partial charge in [0, 0.05) is 22.8 Å². The Kier molecular flexibility index (Phi) is 4.80. The molecule has 0 bridgehead atoms. The summed E-state index contributed by atoms with van der Waals surface area (Å²) >= 11 is 3.23. The lowest BCUT2D eigenvalue weighted by molar-refractivity contribution is 0.331. The van der Waals surface area contributed by atoms with Crippen molar-refractivity contribution in [1.82, 2.24) is 0 Å². The quantitative estimate of drug-likeness (QED) is 0.824. The summed E-state index contributed by atoms with van der Waals surface area (Å²) in [6, 6.07) is 12.7. The third-order valence-electron chi connectivity index (χ3n) is 2.59. The molecule has 2 rings (SSSR count). The first-order chi connectivity index (χ1) is 9.13. The maximum absolute atomic E-state index is 13.1. The third kappa shape index (κ3) is 4.56. The van der Waals surface area contributed by atoms with E-state index in [1.165, 1.54) is 17.7 Å². The van der Waals surface area contributed by atoms with Gasteiger partial charge in [-0.25, -0.2) is 4.39 Å². The minimum Gasteiger partial charge on any atom is -0.492 e. The highest BCUT2D eigenvalue weighted by Crippen LogP contribution is 2.20. The first-order valence-corrected chi connectivity index (χ1v) is 6.82. The molecule has 0 atom stereocenters. The Bertz CT molecular complexity index is 522. The van der Waals surface area contributed by atoms with Crippen LogP contribution in [0.2, 0.25) is 0 Å². The van der Waals surface area contributed by atoms with Crippen LogP contribution >= 0.6 is 15.9 Å². The number of hydrogen-bond donors (Lipinski definition) is 1.